The average Bonchev–Trinajstić information content (AvgIpc) is 2.94. The van der Waals surface area contributed by atoms with Crippen molar-refractivity contribution in [3.05, 3.63) is 17.6 Å². The van der Waals surface area contributed by atoms with Gasteiger partial charge in [0.15, 0.2) is 0 Å². The highest BCUT2D eigenvalue weighted by Crippen LogP contribution is 2.31. The summed E-state index contributed by atoms with van der Waals surface area (Å²) in [5.74, 6) is 1.13. The van der Waals surface area contributed by atoms with Gasteiger partial charge in [-0.15, -0.1) is 0 Å². The van der Waals surface area contributed by atoms with E-state index in [0.29, 0.717) is 0 Å². The summed E-state index contributed by atoms with van der Waals surface area (Å²) in [5, 5.41) is 0. The van der Waals surface area contributed by atoms with Crippen LogP contribution in [0.5, 0.6) is 0 Å². The normalized spacial score (nSPS) is 22.2. The Balaban J connectivity index is 1.95. The van der Waals surface area contributed by atoms with Crippen LogP contribution in [0.3, 0.4) is 0 Å². The predicted octanol–water partition coefficient (Wildman–Crippen LogP) is 0.522. The lowest BCUT2D eigenvalue weighted by molar-refractivity contribution is -0.129. The molecule has 3 heterocycles. The third kappa shape index (κ3) is 2.60. The molecule has 0 aromatic carbocycles. The van der Waals surface area contributed by atoms with Crippen LogP contribution in [-0.4, -0.2) is 65.9 Å². The second-order valence-electron chi connectivity index (χ2n) is 6.19. The number of anilines is 1. The summed E-state index contributed by atoms with van der Waals surface area (Å²) in [7, 11) is 5.76. The Hall–Kier alpha value is -1.69. The molecule has 3 rings (SSSR count). The lowest BCUT2D eigenvalue weighted by Crippen LogP contribution is -2.44. The number of hydrogen-bond donors (Lipinski definition) is 0. The van der Waals surface area contributed by atoms with Crippen molar-refractivity contribution in [2.75, 3.05) is 39.1 Å². The molecule has 2 aliphatic heterocycles. The van der Waals surface area contributed by atoms with E-state index in [1.165, 1.54) is 5.56 Å². The van der Waals surface area contributed by atoms with Crippen LogP contribution in [0.1, 0.15) is 24.1 Å². The highest BCUT2D eigenvalue weighted by Gasteiger charge is 2.35. The minimum atomic E-state index is -0.0776. The van der Waals surface area contributed by atoms with Gasteiger partial charge in [0.25, 0.3) is 0 Å². The second kappa shape index (κ2) is 5.60. The molecule has 0 spiro atoms. The molecule has 1 saturated heterocycles. The minimum Gasteiger partial charge on any atom is -0.347 e. The molecule has 1 aromatic heterocycles. The molecular formula is C15H23N5O. The van der Waals surface area contributed by atoms with Gasteiger partial charge in [0.1, 0.15) is 18.2 Å². The average molecular weight is 289 g/mol. The second-order valence-corrected chi connectivity index (χ2v) is 6.19. The number of carbonyl (C=O) groups excluding carboxylic acids is 1. The van der Waals surface area contributed by atoms with Gasteiger partial charge in [-0.05, 0) is 19.9 Å². The van der Waals surface area contributed by atoms with Crippen LogP contribution >= 0.6 is 0 Å². The molecule has 0 N–H and O–H groups in total. The number of rotatable bonds is 2. The molecular weight excluding hydrogens is 266 g/mol. The Bertz CT molecular complexity index is 545. The third-order valence-corrected chi connectivity index (χ3v) is 4.42. The largest absolute Gasteiger partial charge is 0.347 e. The molecule has 1 unspecified atom stereocenters. The van der Waals surface area contributed by atoms with E-state index in [2.05, 4.69) is 26.8 Å². The lowest BCUT2D eigenvalue weighted by atomic mass is 10.1. The highest BCUT2D eigenvalue weighted by atomic mass is 16.2. The van der Waals surface area contributed by atoms with Crippen LogP contribution in [0.25, 0.3) is 0 Å². The summed E-state index contributed by atoms with van der Waals surface area (Å²) in [4.78, 5) is 27.5. The van der Waals surface area contributed by atoms with Crippen molar-refractivity contribution in [3.63, 3.8) is 0 Å². The van der Waals surface area contributed by atoms with Crippen molar-refractivity contribution in [1.29, 1.82) is 0 Å². The van der Waals surface area contributed by atoms with Crippen LogP contribution < -0.4 is 4.90 Å². The standard InChI is InChI=1S/C15H23N5O/c1-18(2)15(21)13-5-4-7-20(13)14-11-9-19(3)8-6-12(11)16-10-17-14/h10,13H,4-9H2,1-3H3. The van der Waals surface area contributed by atoms with E-state index in [1.807, 2.05) is 14.1 Å². The zero-order chi connectivity index (χ0) is 15.0. The molecule has 1 amide bonds. The van der Waals surface area contributed by atoms with Crippen molar-refractivity contribution in [1.82, 2.24) is 19.8 Å². The molecule has 0 radical (unpaired) electrons. The van der Waals surface area contributed by atoms with Crippen molar-refractivity contribution < 1.29 is 4.79 Å². The van der Waals surface area contributed by atoms with Crippen molar-refractivity contribution in [2.45, 2.75) is 31.8 Å². The Morgan fingerprint density at radius 2 is 2.14 bits per heavy atom. The van der Waals surface area contributed by atoms with Gasteiger partial charge >= 0.3 is 0 Å². The minimum absolute atomic E-state index is 0.0776. The highest BCUT2D eigenvalue weighted by molar-refractivity contribution is 5.85. The Labute approximate surface area is 125 Å². The Kier molecular flexibility index (Phi) is 3.80. The predicted molar refractivity (Wildman–Crippen MR) is 81.1 cm³/mol. The van der Waals surface area contributed by atoms with Crippen LogP contribution in [0, 0.1) is 0 Å². The topological polar surface area (TPSA) is 52.6 Å². The van der Waals surface area contributed by atoms with E-state index in [0.717, 1.165) is 50.4 Å². The first-order chi connectivity index (χ1) is 10.1. The monoisotopic (exact) mass is 289 g/mol. The molecule has 6 nitrogen and oxygen atoms in total. The number of carbonyl (C=O) groups is 1. The van der Waals surface area contributed by atoms with Gasteiger partial charge in [0, 0.05) is 45.7 Å². The Morgan fingerprint density at radius 3 is 2.90 bits per heavy atom. The molecule has 21 heavy (non-hydrogen) atoms. The van der Waals surface area contributed by atoms with E-state index in [-0.39, 0.29) is 11.9 Å². The fourth-order valence-corrected chi connectivity index (χ4v) is 3.28. The number of fused-ring (bicyclic) bond motifs is 1. The number of hydrogen-bond acceptors (Lipinski definition) is 5. The molecule has 0 aliphatic carbocycles. The molecule has 1 atom stereocenters. The number of likely N-dealkylation sites (N-methyl/N-ethyl adjacent to an activating group) is 2. The van der Waals surface area contributed by atoms with Crippen LogP contribution in [0.4, 0.5) is 5.82 Å². The van der Waals surface area contributed by atoms with Crippen LogP contribution in [0.2, 0.25) is 0 Å². The van der Waals surface area contributed by atoms with Gasteiger partial charge in [-0.2, -0.15) is 0 Å². The summed E-state index contributed by atoms with van der Waals surface area (Å²) in [6, 6.07) is -0.0776. The zero-order valence-corrected chi connectivity index (χ0v) is 13.0. The maximum Gasteiger partial charge on any atom is 0.244 e. The van der Waals surface area contributed by atoms with E-state index < -0.39 is 0 Å². The fourth-order valence-electron chi connectivity index (χ4n) is 3.28. The number of nitrogens with zero attached hydrogens (tertiary/aromatic N) is 5. The maximum atomic E-state index is 12.4. The molecule has 0 saturated carbocycles. The first-order valence-electron chi connectivity index (χ1n) is 7.57. The van der Waals surface area contributed by atoms with E-state index in [4.69, 9.17) is 0 Å². The zero-order valence-electron chi connectivity index (χ0n) is 13.0. The van der Waals surface area contributed by atoms with Gasteiger partial charge < -0.3 is 14.7 Å². The Morgan fingerprint density at radius 1 is 1.33 bits per heavy atom. The van der Waals surface area contributed by atoms with Gasteiger partial charge in [-0.3, -0.25) is 4.79 Å². The van der Waals surface area contributed by atoms with Gasteiger partial charge in [-0.1, -0.05) is 0 Å². The van der Waals surface area contributed by atoms with Gasteiger partial charge in [0.05, 0.1) is 5.69 Å². The maximum absolute atomic E-state index is 12.4. The molecule has 1 fully saturated rings. The fraction of sp³-hybridized carbons (Fsp3) is 0.667. The van der Waals surface area contributed by atoms with Gasteiger partial charge in [-0.25, -0.2) is 9.97 Å². The first-order valence-corrected chi connectivity index (χ1v) is 7.57. The van der Waals surface area contributed by atoms with E-state index in [1.54, 1.807) is 11.2 Å². The third-order valence-electron chi connectivity index (χ3n) is 4.42. The summed E-state index contributed by atoms with van der Waals surface area (Å²) >= 11 is 0. The molecule has 0 bridgehead atoms. The van der Waals surface area contributed by atoms with Crippen molar-refractivity contribution in [3.8, 4) is 0 Å². The molecule has 114 valence electrons. The molecule has 6 heteroatoms. The first kappa shape index (κ1) is 14.3. The molecule has 2 aliphatic rings. The summed E-state index contributed by atoms with van der Waals surface area (Å²) < 4.78 is 0. The van der Waals surface area contributed by atoms with Crippen LogP contribution in [0.15, 0.2) is 6.33 Å². The summed E-state index contributed by atoms with van der Waals surface area (Å²) in [5.41, 5.74) is 2.34. The van der Waals surface area contributed by atoms with E-state index in [9.17, 15) is 4.79 Å². The van der Waals surface area contributed by atoms with Crippen molar-refractivity contribution in [2.24, 2.45) is 0 Å². The summed E-state index contributed by atoms with van der Waals surface area (Å²) in [6.45, 7) is 2.80. The van der Waals surface area contributed by atoms with Crippen LogP contribution in [-0.2, 0) is 17.8 Å². The lowest BCUT2D eigenvalue weighted by Gasteiger charge is -2.32. The van der Waals surface area contributed by atoms with E-state index >= 15 is 0 Å². The number of aromatic nitrogens is 2. The van der Waals surface area contributed by atoms with Crippen molar-refractivity contribution >= 4 is 11.7 Å². The SMILES string of the molecule is CN1CCc2ncnc(N3CCCC3C(=O)N(C)C)c2C1. The van der Waals surface area contributed by atoms with Gasteiger partial charge in [0.2, 0.25) is 5.91 Å². The quantitative estimate of drug-likeness (QED) is 0.794. The summed E-state index contributed by atoms with van der Waals surface area (Å²) in [6.07, 6.45) is 4.56. The smallest absolute Gasteiger partial charge is 0.244 e. The molecule has 1 aromatic rings. The number of amides is 1.